The maximum Gasteiger partial charge on any atom is 0.410 e. The van der Waals surface area contributed by atoms with Crippen LogP contribution >= 0.6 is 0 Å². The molecule has 2 aromatic rings. The van der Waals surface area contributed by atoms with E-state index in [1.807, 2.05) is 46.8 Å². The van der Waals surface area contributed by atoms with Gasteiger partial charge in [-0.3, -0.25) is 9.69 Å². The number of piperazine rings is 1. The zero-order chi connectivity index (χ0) is 20.6. The Balaban J connectivity index is 1.91. The molecule has 0 spiro atoms. The number of carbonyl (C=O) groups excluding carboxylic acids is 2. The van der Waals surface area contributed by atoms with Gasteiger partial charge in [0.05, 0.1) is 23.8 Å². The molecule has 8 heteroatoms. The lowest BCUT2D eigenvalue weighted by Gasteiger charge is -2.45. The van der Waals surface area contributed by atoms with Gasteiger partial charge >= 0.3 is 6.09 Å². The van der Waals surface area contributed by atoms with E-state index in [0.717, 1.165) is 11.1 Å². The summed E-state index contributed by atoms with van der Waals surface area (Å²) in [6, 6.07) is 5.31. The van der Waals surface area contributed by atoms with Crippen LogP contribution in [0.25, 0.3) is 10.9 Å². The minimum Gasteiger partial charge on any atom is -0.444 e. The van der Waals surface area contributed by atoms with Gasteiger partial charge < -0.3 is 15.4 Å². The molecule has 1 aromatic heterocycles. The fourth-order valence-corrected chi connectivity index (χ4v) is 3.74. The number of primary amides is 1. The van der Waals surface area contributed by atoms with Crippen LogP contribution in [0.4, 0.5) is 10.5 Å². The number of ether oxygens (including phenoxy) is 1. The monoisotopic (exact) mass is 385 g/mol. The lowest BCUT2D eigenvalue weighted by atomic mass is 10.0. The van der Waals surface area contributed by atoms with Crippen LogP contribution in [-0.4, -0.2) is 57.9 Å². The van der Waals surface area contributed by atoms with Gasteiger partial charge in [-0.1, -0.05) is 0 Å². The van der Waals surface area contributed by atoms with E-state index in [1.165, 1.54) is 0 Å². The van der Waals surface area contributed by atoms with Crippen LogP contribution in [0.2, 0.25) is 0 Å². The second-order valence-electron chi connectivity index (χ2n) is 8.28. The molecule has 0 saturated carbocycles. The molecule has 0 unspecified atom stereocenters. The van der Waals surface area contributed by atoms with Crippen molar-refractivity contribution in [2.45, 2.75) is 52.3 Å². The second kappa shape index (κ2) is 7.26. The molecule has 1 aliphatic heterocycles. The summed E-state index contributed by atoms with van der Waals surface area (Å²) >= 11 is 0. The average molecular weight is 385 g/mol. The molecule has 8 nitrogen and oxygen atoms in total. The lowest BCUT2D eigenvalue weighted by Crippen LogP contribution is -2.59. The number of hydrogen-bond acceptors (Lipinski definition) is 6. The zero-order valence-corrected chi connectivity index (χ0v) is 17.0. The number of carbonyl (C=O) groups is 2. The molecular weight excluding hydrogens is 358 g/mol. The van der Waals surface area contributed by atoms with Gasteiger partial charge in [-0.05, 0) is 52.8 Å². The van der Waals surface area contributed by atoms with Crippen LogP contribution in [0.5, 0.6) is 0 Å². The van der Waals surface area contributed by atoms with E-state index in [9.17, 15) is 9.59 Å². The maximum atomic E-state index is 12.6. The van der Waals surface area contributed by atoms with E-state index in [2.05, 4.69) is 15.1 Å². The third-order valence-electron chi connectivity index (χ3n) is 4.79. The summed E-state index contributed by atoms with van der Waals surface area (Å²) < 4.78 is 5.57. The Labute approximate surface area is 164 Å². The summed E-state index contributed by atoms with van der Waals surface area (Å²) in [5.41, 5.74) is 6.72. The Morgan fingerprint density at radius 2 is 1.79 bits per heavy atom. The van der Waals surface area contributed by atoms with Crippen molar-refractivity contribution in [1.29, 1.82) is 0 Å². The van der Waals surface area contributed by atoms with Crippen molar-refractivity contribution in [1.82, 2.24) is 15.1 Å². The van der Waals surface area contributed by atoms with E-state index in [-0.39, 0.29) is 18.2 Å². The SMILES string of the molecule is C[C@@H]1CN(c2ccc(C(N)=O)c3nnccc23)C[C@H](C)N1C(=O)OC(C)(C)C. The molecule has 2 amide bonds. The molecular formula is C20H27N5O3. The molecule has 1 fully saturated rings. The van der Waals surface area contributed by atoms with Crippen molar-refractivity contribution in [3.8, 4) is 0 Å². The fraction of sp³-hybridized carbons (Fsp3) is 0.500. The lowest BCUT2D eigenvalue weighted by molar-refractivity contribution is 0.00567. The van der Waals surface area contributed by atoms with E-state index in [0.29, 0.717) is 24.2 Å². The summed E-state index contributed by atoms with van der Waals surface area (Å²) in [6.07, 6.45) is 1.30. The summed E-state index contributed by atoms with van der Waals surface area (Å²) in [7, 11) is 0. The number of anilines is 1. The van der Waals surface area contributed by atoms with E-state index < -0.39 is 11.5 Å². The summed E-state index contributed by atoms with van der Waals surface area (Å²) in [5.74, 6) is -0.534. The summed E-state index contributed by atoms with van der Waals surface area (Å²) in [4.78, 5) is 28.3. The van der Waals surface area contributed by atoms with Gasteiger partial charge in [0.1, 0.15) is 11.1 Å². The highest BCUT2D eigenvalue weighted by atomic mass is 16.6. The van der Waals surface area contributed by atoms with Crippen LogP contribution in [0.1, 0.15) is 45.0 Å². The highest BCUT2D eigenvalue weighted by Crippen LogP contribution is 2.31. The van der Waals surface area contributed by atoms with Crippen molar-refractivity contribution in [3.05, 3.63) is 30.0 Å². The van der Waals surface area contributed by atoms with Crippen LogP contribution in [0, 0.1) is 0 Å². The Bertz CT molecular complexity index is 896. The predicted molar refractivity (Wildman–Crippen MR) is 107 cm³/mol. The van der Waals surface area contributed by atoms with Crippen molar-refractivity contribution >= 4 is 28.6 Å². The van der Waals surface area contributed by atoms with Crippen molar-refractivity contribution in [3.63, 3.8) is 0 Å². The molecule has 2 N–H and O–H groups in total. The van der Waals surface area contributed by atoms with Gasteiger partial charge in [-0.25, -0.2) is 4.79 Å². The van der Waals surface area contributed by atoms with E-state index in [4.69, 9.17) is 10.5 Å². The van der Waals surface area contributed by atoms with E-state index >= 15 is 0 Å². The Kier molecular flexibility index (Phi) is 5.14. The van der Waals surface area contributed by atoms with Crippen molar-refractivity contribution in [2.75, 3.05) is 18.0 Å². The highest BCUT2D eigenvalue weighted by molar-refractivity contribution is 6.08. The summed E-state index contributed by atoms with van der Waals surface area (Å²) in [6.45, 7) is 10.9. The van der Waals surface area contributed by atoms with Crippen LogP contribution < -0.4 is 10.6 Å². The summed E-state index contributed by atoms with van der Waals surface area (Å²) in [5, 5.41) is 8.83. The Morgan fingerprint density at radius 1 is 1.14 bits per heavy atom. The molecule has 150 valence electrons. The first-order valence-electron chi connectivity index (χ1n) is 9.39. The van der Waals surface area contributed by atoms with Gasteiger partial charge in [0.15, 0.2) is 0 Å². The molecule has 0 bridgehead atoms. The normalized spacial score (nSPS) is 20.3. The van der Waals surface area contributed by atoms with Crippen molar-refractivity contribution < 1.29 is 14.3 Å². The van der Waals surface area contributed by atoms with Crippen LogP contribution in [-0.2, 0) is 4.74 Å². The topological polar surface area (TPSA) is 102 Å². The molecule has 0 aliphatic carbocycles. The molecule has 1 aliphatic rings. The largest absolute Gasteiger partial charge is 0.444 e. The number of aromatic nitrogens is 2. The number of amides is 2. The molecule has 3 rings (SSSR count). The molecule has 28 heavy (non-hydrogen) atoms. The first kappa shape index (κ1) is 19.9. The quantitative estimate of drug-likeness (QED) is 0.852. The Morgan fingerprint density at radius 3 is 2.36 bits per heavy atom. The van der Waals surface area contributed by atoms with Crippen LogP contribution in [0.3, 0.4) is 0 Å². The van der Waals surface area contributed by atoms with Gasteiger partial charge in [0.25, 0.3) is 5.91 Å². The average Bonchev–Trinajstić information content (AvgIpc) is 2.58. The second-order valence-corrected chi connectivity index (χ2v) is 8.28. The zero-order valence-electron chi connectivity index (χ0n) is 17.0. The predicted octanol–water partition coefficient (Wildman–Crippen LogP) is 2.56. The minimum absolute atomic E-state index is 0.0423. The maximum absolute atomic E-state index is 12.6. The third kappa shape index (κ3) is 3.85. The molecule has 1 saturated heterocycles. The number of nitrogens with zero attached hydrogens (tertiary/aromatic N) is 4. The molecule has 2 atom stereocenters. The van der Waals surface area contributed by atoms with Gasteiger partial charge in [-0.2, -0.15) is 5.10 Å². The standard InChI is InChI=1S/C20H27N5O3/c1-12-10-24(11-13(2)25(12)19(27)28-20(3,4)5)16-7-6-15(18(21)26)17-14(16)8-9-22-23-17/h6-9,12-13H,10-11H2,1-5H3,(H2,21,26)/t12-,13+. The molecule has 1 aromatic carbocycles. The third-order valence-corrected chi connectivity index (χ3v) is 4.79. The first-order chi connectivity index (χ1) is 13.1. The number of fused-ring (bicyclic) bond motifs is 1. The smallest absolute Gasteiger partial charge is 0.410 e. The fourth-order valence-electron chi connectivity index (χ4n) is 3.74. The highest BCUT2D eigenvalue weighted by Gasteiger charge is 2.36. The number of benzene rings is 1. The first-order valence-corrected chi connectivity index (χ1v) is 9.39. The van der Waals surface area contributed by atoms with Crippen molar-refractivity contribution in [2.24, 2.45) is 5.73 Å². The molecule has 2 heterocycles. The van der Waals surface area contributed by atoms with Gasteiger partial charge in [0, 0.05) is 24.2 Å². The van der Waals surface area contributed by atoms with E-state index in [1.54, 1.807) is 17.2 Å². The van der Waals surface area contributed by atoms with Gasteiger partial charge in [0.2, 0.25) is 0 Å². The molecule has 0 radical (unpaired) electrons. The number of nitrogens with two attached hydrogens (primary N) is 1. The van der Waals surface area contributed by atoms with Crippen LogP contribution in [0.15, 0.2) is 24.4 Å². The minimum atomic E-state index is -0.535. The Hall–Kier alpha value is -2.90. The van der Waals surface area contributed by atoms with Gasteiger partial charge in [-0.15, -0.1) is 5.10 Å². The number of rotatable bonds is 2. The number of hydrogen-bond donors (Lipinski definition) is 1.